The lowest BCUT2D eigenvalue weighted by molar-refractivity contribution is 1.07. The van der Waals surface area contributed by atoms with Crippen LogP contribution in [0.3, 0.4) is 0 Å². The van der Waals surface area contributed by atoms with Gasteiger partial charge in [-0.05, 0) is 24.6 Å². The molecule has 0 aromatic carbocycles. The van der Waals surface area contributed by atoms with Crippen molar-refractivity contribution in [1.29, 1.82) is 0 Å². The van der Waals surface area contributed by atoms with Crippen LogP contribution in [0, 0.1) is 6.92 Å². The minimum absolute atomic E-state index is 0.499. The van der Waals surface area contributed by atoms with Crippen molar-refractivity contribution in [3.63, 3.8) is 0 Å². The molecule has 0 unspecified atom stereocenters. The number of amidine groups is 1. The molecule has 0 aliphatic carbocycles. The lowest BCUT2D eigenvalue weighted by atomic mass is 10.3. The standard InChI is InChI=1S/C7H7ClN2S/c1-4-2-5-3-9-7(8)10-6(5)11-4/h2H,3H2,1H3,(H,9,10). The van der Waals surface area contributed by atoms with Gasteiger partial charge in [-0.3, -0.25) is 4.99 Å². The first kappa shape index (κ1) is 7.13. The highest BCUT2D eigenvalue weighted by molar-refractivity contribution is 7.16. The zero-order valence-corrected chi connectivity index (χ0v) is 7.59. The quantitative estimate of drug-likeness (QED) is 0.619. The lowest BCUT2D eigenvalue weighted by Gasteiger charge is -2.08. The Morgan fingerprint density at radius 2 is 2.55 bits per heavy atom. The van der Waals surface area contributed by atoms with Gasteiger partial charge in [0.15, 0.2) is 5.29 Å². The fourth-order valence-electron chi connectivity index (χ4n) is 1.08. The predicted molar refractivity (Wildman–Crippen MR) is 49.7 cm³/mol. The molecule has 1 aromatic heterocycles. The zero-order chi connectivity index (χ0) is 7.84. The Balaban J connectivity index is 2.40. The van der Waals surface area contributed by atoms with E-state index < -0.39 is 0 Å². The molecule has 11 heavy (non-hydrogen) atoms. The smallest absolute Gasteiger partial charge is 0.196 e. The van der Waals surface area contributed by atoms with Gasteiger partial charge in [0, 0.05) is 10.4 Å². The van der Waals surface area contributed by atoms with Gasteiger partial charge in [-0.15, -0.1) is 11.3 Å². The Kier molecular flexibility index (Phi) is 1.62. The van der Waals surface area contributed by atoms with Crippen LogP contribution in [0.15, 0.2) is 11.1 Å². The summed E-state index contributed by atoms with van der Waals surface area (Å²) < 4.78 is 0. The van der Waals surface area contributed by atoms with E-state index in [-0.39, 0.29) is 0 Å². The number of nitrogens with zero attached hydrogens (tertiary/aromatic N) is 1. The van der Waals surface area contributed by atoms with Gasteiger partial charge >= 0.3 is 0 Å². The van der Waals surface area contributed by atoms with Crippen LogP contribution in [0.25, 0.3) is 0 Å². The van der Waals surface area contributed by atoms with Crippen LogP contribution < -0.4 is 5.32 Å². The summed E-state index contributed by atoms with van der Waals surface area (Å²) >= 11 is 7.42. The summed E-state index contributed by atoms with van der Waals surface area (Å²) in [5.41, 5.74) is 1.25. The summed E-state index contributed by atoms with van der Waals surface area (Å²) in [6.45, 7) is 2.80. The third kappa shape index (κ3) is 1.26. The Morgan fingerprint density at radius 3 is 3.36 bits per heavy atom. The van der Waals surface area contributed by atoms with E-state index in [1.54, 1.807) is 11.3 Å². The Bertz CT molecular complexity index is 316. The molecule has 58 valence electrons. The van der Waals surface area contributed by atoms with Gasteiger partial charge in [0.25, 0.3) is 0 Å². The number of aryl methyl sites for hydroxylation is 1. The highest BCUT2D eigenvalue weighted by Crippen LogP contribution is 2.30. The number of hydrogen-bond donors (Lipinski definition) is 1. The number of thiophene rings is 1. The molecule has 2 nitrogen and oxygen atoms in total. The third-order valence-electron chi connectivity index (χ3n) is 1.54. The summed E-state index contributed by atoms with van der Waals surface area (Å²) in [6.07, 6.45) is 0. The normalized spacial score (nSPS) is 15.3. The van der Waals surface area contributed by atoms with E-state index in [4.69, 9.17) is 11.6 Å². The highest BCUT2D eigenvalue weighted by Gasteiger charge is 2.11. The minimum atomic E-state index is 0.499. The molecule has 0 amide bonds. The second-order valence-electron chi connectivity index (χ2n) is 2.44. The highest BCUT2D eigenvalue weighted by atomic mass is 35.5. The number of nitrogens with one attached hydrogen (secondary N) is 1. The van der Waals surface area contributed by atoms with Crippen molar-refractivity contribution in [2.24, 2.45) is 4.99 Å². The fourth-order valence-corrected chi connectivity index (χ4v) is 2.21. The molecule has 0 bridgehead atoms. The number of aliphatic imine (C=N–C) groups is 1. The maximum absolute atomic E-state index is 5.70. The van der Waals surface area contributed by atoms with Crippen molar-refractivity contribution in [2.45, 2.75) is 13.5 Å². The third-order valence-corrected chi connectivity index (χ3v) is 2.76. The number of rotatable bonds is 0. The van der Waals surface area contributed by atoms with Crippen LogP contribution in [0.4, 0.5) is 5.00 Å². The van der Waals surface area contributed by atoms with Crippen LogP contribution in [-0.4, -0.2) is 5.29 Å². The number of anilines is 1. The van der Waals surface area contributed by atoms with Gasteiger partial charge in [-0.1, -0.05) is 0 Å². The van der Waals surface area contributed by atoms with Crippen molar-refractivity contribution < 1.29 is 0 Å². The average molecular weight is 187 g/mol. The van der Waals surface area contributed by atoms with Gasteiger partial charge < -0.3 is 5.32 Å². The van der Waals surface area contributed by atoms with E-state index in [1.807, 2.05) is 0 Å². The number of hydrogen-bond acceptors (Lipinski definition) is 3. The molecule has 0 atom stereocenters. The van der Waals surface area contributed by atoms with E-state index in [0.29, 0.717) is 11.8 Å². The van der Waals surface area contributed by atoms with Gasteiger partial charge in [0.2, 0.25) is 0 Å². The van der Waals surface area contributed by atoms with E-state index in [9.17, 15) is 0 Å². The molecule has 2 rings (SSSR count). The first-order valence-electron chi connectivity index (χ1n) is 3.32. The molecule has 1 aromatic rings. The van der Waals surface area contributed by atoms with E-state index in [1.165, 1.54) is 10.4 Å². The summed E-state index contributed by atoms with van der Waals surface area (Å²) in [6, 6.07) is 2.14. The maximum Gasteiger partial charge on any atom is 0.196 e. The molecule has 0 fully saturated rings. The minimum Gasteiger partial charge on any atom is -0.322 e. The first-order chi connectivity index (χ1) is 5.25. The van der Waals surface area contributed by atoms with Crippen LogP contribution in [0.5, 0.6) is 0 Å². The molecule has 0 spiro atoms. The molecule has 1 N–H and O–H groups in total. The van der Waals surface area contributed by atoms with Crippen molar-refractivity contribution >= 4 is 33.2 Å². The Morgan fingerprint density at radius 1 is 1.73 bits per heavy atom. The summed E-state index contributed by atoms with van der Waals surface area (Å²) in [4.78, 5) is 5.36. The second kappa shape index (κ2) is 2.50. The van der Waals surface area contributed by atoms with Gasteiger partial charge in [0.1, 0.15) is 0 Å². The van der Waals surface area contributed by atoms with E-state index in [2.05, 4.69) is 23.3 Å². The van der Waals surface area contributed by atoms with Gasteiger partial charge in [-0.25, -0.2) is 0 Å². The SMILES string of the molecule is Cc1cc2c(s1)NC(Cl)=NC2. The zero-order valence-electron chi connectivity index (χ0n) is 6.02. The van der Waals surface area contributed by atoms with Crippen molar-refractivity contribution in [3.8, 4) is 0 Å². The number of halogens is 1. The molecular formula is C7H7ClN2S. The van der Waals surface area contributed by atoms with Gasteiger partial charge in [0.05, 0.1) is 11.5 Å². The molecular weight excluding hydrogens is 180 g/mol. The lowest BCUT2D eigenvalue weighted by Crippen LogP contribution is -2.09. The first-order valence-corrected chi connectivity index (χ1v) is 4.51. The topological polar surface area (TPSA) is 24.4 Å². The summed E-state index contributed by atoms with van der Waals surface area (Å²) in [5.74, 6) is 0. The largest absolute Gasteiger partial charge is 0.322 e. The molecule has 4 heteroatoms. The number of fused-ring (bicyclic) bond motifs is 1. The molecule has 0 saturated heterocycles. The van der Waals surface area contributed by atoms with Crippen molar-refractivity contribution in [3.05, 3.63) is 16.5 Å². The van der Waals surface area contributed by atoms with Crippen LogP contribution in [0.2, 0.25) is 0 Å². The Labute approximate surface area is 73.9 Å². The summed E-state index contributed by atoms with van der Waals surface area (Å²) in [5, 5.41) is 4.66. The van der Waals surface area contributed by atoms with Crippen LogP contribution >= 0.6 is 22.9 Å². The maximum atomic E-state index is 5.70. The van der Waals surface area contributed by atoms with E-state index >= 15 is 0 Å². The molecule has 1 aliphatic rings. The van der Waals surface area contributed by atoms with Crippen molar-refractivity contribution in [2.75, 3.05) is 5.32 Å². The average Bonchev–Trinajstić information content (AvgIpc) is 2.27. The predicted octanol–water partition coefficient (Wildman–Crippen LogP) is 2.58. The molecule has 1 aliphatic heterocycles. The van der Waals surface area contributed by atoms with E-state index in [0.717, 1.165) is 5.00 Å². The Hall–Kier alpha value is -0.540. The van der Waals surface area contributed by atoms with Gasteiger partial charge in [-0.2, -0.15) is 0 Å². The van der Waals surface area contributed by atoms with Crippen LogP contribution in [0.1, 0.15) is 10.4 Å². The fraction of sp³-hybridized carbons (Fsp3) is 0.286. The monoisotopic (exact) mass is 186 g/mol. The summed E-state index contributed by atoms with van der Waals surface area (Å²) in [7, 11) is 0. The molecule has 2 heterocycles. The second-order valence-corrected chi connectivity index (χ2v) is 4.06. The molecule has 0 radical (unpaired) electrons. The van der Waals surface area contributed by atoms with Crippen LogP contribution in [-0.2, 0) is 6.54 Å². The van der Waals surface area contributed by atoms with Crippen molar-refractivity contribution in [1.82, 2.24) is 0 Å². The molecule has 0 saturated carbocycles.